The molecule has 2 N–H and O–H groups in total. The summed E-state index contributed by atoms with van der Waals surface area (Å²) in [4.78, 5) is 14.0. The maximum absolute atomic E-state index is 12.3. The average molecular weight is 253 g/mol. The number of nitrogens with zero attached hydrogens (tertiary/aromatic N) is 1. The van der Waals surface area contributed by atoms with E-state index in [-0.39, 0.29) is 11.9 Å². The van der Waals surface area contributed by atoms with Gasteiger partial charge in [0.05, 0.1) is 5.56 Å². The van der Waals surface area contributed by atoms with E-state index in [4.69, 9.17) is 17.3 Å². The van der Waals surface area contributed by atoms with Gasteiger partial charge in [-0.3, -0.25) is 4.79 Å². The molecule has 0 aliphatic heterocycles. The minimum Gasteiger partial charge on any atom is -0.398 e. The minimum absolute atomic E-state index is 0.0291. The van der Waals surface area contributed by atoms with E-state index in [0.717, 1.165) is 0 Å². The van der Waals surface area contributed by atoms with Gasteiger partial charge in [-0.05, 0) is 43.9 Å². The fourth-order valence-electron chi connectivity index (χ4n) is 2.00. The van der Waals surface area contributed by atoms with Gasteiger partial charge in [0.25, 0.3) is 5.91 Å². The smallest absolute Gasteiger partial charge is 0.255 e. The summed E-state index contributed by atoms with van der Waals surface area (Å²) in [5, 5.41) is 0.553. The highest BCUT2D eigenvalue weighted by Gasteiger charge is 2.33. The number of nitrogen functional groups attached to an aromatic ring is 1. The molecule has 1 aromatic carbocycles. The van der Waals surface area contributed by atoms with Crippen LogP contribution in [0, 0.1) is 5.92 Å². The van der Waals surface area contributed by atoms with Crippen LogP contribution in [-0.4, -0.2) is 23.9 Å². The van der Waals surface area contributed by atoms with Crippen molar-refractivity contribution in [1.29, 1.82) is 0 Å². The third-order valence-corrected chi connectivity index (χ3v) is 3.71. The summed E-state index contributed by atoms with van der Waals surface area (Å²) in [6.45, 7) is 2.08. The summed E-state index contributed by atoms with van der Waals surface area (Å²) in [7, 11) is 1.83. The molecule has 0 spiro atoms. The molecule has 2 rings (SSSR count). The Balaban J connectivity index is 2.18. The van der Waals surface area contributed by atoms with E-state index in [1.807, 2.05) is 7.05 Å². The molecule has 0 heterocycles. The highest BCUT2D eigenvalue weighted by molar-refractivity contribution is 6.31. The molecular formula is C13H17ClN2O. The Bertz CT molecular complexity index is 443. The molecule has 17 heavy (non-hydrogen) atoms. The quantitative estimate of drug-likeness (QED) is 0.841. The van der Waals surface area contributed by atoms with Gasteiger partial charge in [0.1, 0.15) is 0 Å². The lowest BCUT2D eigenvalue weighted by atomic mass is 10.1. The second-order valence-electron chi connectivity index (χ2n) is 4.73. The Labute approximate surface area is 107 Å². The van der Waals surface area contributed by atoms with E-state index in [0.29, 0.717) is 22.2 Å². The molecule has 0 saturated heterocycles. The summed E-state index contributed by atoms with van der Waals surface area (Å²) < 4.78 is 0. The molecule has 1 atom stereocenters. The van der Waals surface area contributed by atoms with Crippen molar-refractivity contribution in [1.82, 2.24) is 4.90 Å². The number of halogens is 1. The molecule has 1 saturated carbocycles. The molecule has 3 nitrogen and oxygen atoms in total. The number of hydrogen-bond donors (Lipinski definition) is 1. The topological polar surface area (TPSA) is 46.3 Å². The molecule has 1 unspecified atom stereocenters. The van der Waals surface area contributed by atoms with Crippen molar-refractivity contribution in [2.24, 2.45) is 5.92 Å². The first kappa shape index (κ1) is 12.2. The predicted octanol–water partition coefficient (Wildman–Crippen LogP) is 2.79. The monoisotopic (exact) mass is 252 g/mol. The maximum atomic E-state index is 12.3. The standard InChI is InChI=1S/C13H17ClN2O/c1-8(9-3-4-9)16(2)13(17)11-6-5-10(14)7-12(11)15/h5-9H,3-4,15H2,1-2H3. The molecule has 0 bridgehead atoms. The van der Waals surface area contributed by atoms with Crippen molar-refractivity contribution in [2.75, 3.05) is 12.8 Å². The first-order chi connectivity index (χ1) is 8.00. The summed E-state index contributed by atoms with van der Waals surface area (Å²) >= 11 is 5.82. The molecular weight excluding hydrogens is 236 g/mol. The third-order valence-electron chi connectivity index (χ3n) is 3.48. The van der Waals surface area contributed by atoms with E-state index >= 15 is 0 Å². The number of carbonyl (C=O) groups excluding carboxylic acids is 1. The van der Waals surface area contributed by atoms with Crippen LogP contribution in [0.25, 0.3) is 0 Å². The van der Waals surface area contributed by atoms with Crippen LogP contribution in [-0.2, 0) is 0 Å². The lowest BCUT2D eigenvalue weighted by molar-refractivity contribution is 0.0728. The van der Waals surface area contributed by atoms with Crippen LogP contribution in [0.3, 0.4) is 0 Å². The van der Waals surface area contributed by atoms with Crippen molar-refractivity contribution in [3.05, 3.63) is 28.8 Å². The third kappa shape index (κ3) is 2.55. The van der Waals surface area contributed by atoms with Crippen molar-refractivity contribution in [2.45, 2.75) is 25.8 Å². The number of carbonyl (C=O) groups is 1. The zero-order valence-corrected chi connectivity index (χ0v) is 10.9. The molecule has 0 radical (unpaired) electrons. The Morgan fingerprint density at radius 1 is 1.53 bits per heavy atom. The zero-order chi connectivity index (χ0) is 12.6. The second-order valence-corrected chi connectivity index (χ2v) is 5.16. The van der Waals surface area contributed by atoms with Crippen molar-refractivity contribution in [3.63, 3.8) is 0 Å². The molecule has 1 aliphatic rings. The highest BCUT2D eigenvalue weighted by atomic mass is 35.5. The molecule has 1 aliphatic carbocycles. The van der Waals surface area contributed by atoms with Crippen LogP contribution in [0.1, 0.15) is 30.1 Å². The molecule has 92 valence electrons. The first-order valence-electron chi connectivity index (χ1n) is 5.83. The second kappa shape index (κ2) is 4.57. The van der Waals surface area contributed by atoms with Gasteiger partial charge in [-0.1, -0.05) is 11.6 Å². The SMILES string of the molecule is CC(C1CC1)N(C)C(=O)c1ccc(Cl)cc1N. The van der Waals surface area contributed by atoms with Crippen LogP contribution < -0.4 is 5.73 Å². The predicted molar refractivity (Wildman–Crippen MR) is 70.1 cm³/mol. The molecule has 4 heteroatoms. The van der Waals surface area contributed by atoms with Crippen LogP contribution in [0.4, 0.5) is 5.69 Å². The Morgan fingerprint density at radius 2 is 2.18 bits per heavy atom. The Morgan fingerprint density at radius 3 is 2.71 bits per heavy atom. The summed E-state index contributed by atoms with van der Waals surface area (Å²) in [6.07, 6.45) is 2.43. The minimum atomic E-state index is -0.0291. The largest absolute Gasteiger partial charge is 0.398 e. The molecule has 1 aromatic rings. The van der Waals surface area contributed by atoms with Gasteiger partial charge in [0.15, 0.2) is 0 Å². The first-order valence-corrected chi connectivity index (χ1v) is 6.20. The van der Waals surface area contributed by atoms with Crippen molar-refractivity contribution >= 4 is 23.2 Å². The number of amides is 1. The number of anilines is 1. The van der Waals surface area contributed by atoms with Crippen molar-refractivity contribution < 1.29 is 4.79 Å². The van der Waals surface area contributed by atoms with E-state index in [1.165, 1.54) is 12.8 Å². The van der Waals surface area contributed by atoms with E-state index in [9.17, 15) is 4.79 Å². The van der Waals surface area contributed by atoms with Crippen LogP contribution in [0.15, 0.2) is 18.2 Å². The number of rotatable bonds is 3. The fraction of sp³-hybridized carbons (Fsp3) is 0.462. The summed E-state index contributed by atoms with van der Waals surface area (Å²) in [5.74, 6) is 0.621. The zero-order valence-electron chi connectivity index (χ0n) is 10.1. The van der Waals surface area contributed by atoms with Gasteiger partial charge < -0.3 is 10.6 Å². The van der Waals surface area contributed by atoms with Crippen LogP contribution in [0.5, 0.6) is 0 Å². The van der Waals surface area contributed by atoms with E-state index < -0.39 is 0 Å². The molecule has 1 amide bonds. The van der Waals surface area contributed by atoms with E-state index in [2.05, 4.69) is 6.92 Å². The van der Waals surface area contributed by atoms with E-state index in [1.54, 1.807) is 23.1 Å². The fourth-order valence-corrected chi connectivity index (χ4v) is 2.18. The van der Waals surface area contributed by atoms with Crippen molar-refractivity contribution in [3.8, 4) is 0 Å². The molecule has 1 fully saturated rings. The lowest BCUT2D eigenvalue weighted by Crippen LogP contribution is -2.36. The Kier molecular flexibility index (Phi) is 3.29. The summed E-state index contributed by atoms with van der Waals surface area (Å²) in [5.41, 5.74) is 6.79. The lowest BCUT2D eigenvalue weighted by Gasteiger charge is -2.25. The molecule has 0 aromatic heterocycles. The van der Waals surface area contributed by atoms with Crippen LogP contribution >= 0.6 is 11.6 Å². The maximum Gasteiger partial charge on any atom is 0.255 e. The number of benzene rings is 1. The summed E-state index contributed by atoms with van der Waals surface area (Å²) in [6, 6.07) is 5.28. The van der Waals surface area contributed by atoms with Gasteiger partial charge in [-0.15, -0.1) is 0 Å². The van der Waals surface area contributed by atoms with Gasteiger partial charge in [0.2, 0.25) is 0 Å². The average Bonchev–Trinajstić information content (AvgIpc) is 3.10. The normalized spacial score (nSPS) is 16.6. The van der Waals surface area contributed by atoms with Gasteiger partial charge in [-0.2, -0.15) is 0 Å². The number of nitrogens with two attached hydrogens (primary N) is 1. The van der Waals surface area contributed by atoms with Gasteiger partial charge >= 0.3 is 0 Å². The Hall–Kier alpha value is -1.22. The van der Waals surface area contributed by atoms with Crippen LogP contribution in [0.2, 0.25) is 5.02 Å². The van der Waals surface area contributed by atoms with Gasteiger partial charge in [-0.25, -0.2) is 0 Å². The number of hydrogen-bond acceptors (Lipinski definition) is 2. The highest BCUT2D eigenvalue weighted by Crippen LogP contribution is 2.35. The van der Waals surface area contributed by atoms with Gasteiger partial charge in [0, 0.05) is 23.8 Å².